The fraction of sp³-hybridized carbons (Fsp3) is 0.474. The predicted molar refractivity (Wildman–Crippen MR) is 90.4 cm³/mol. The SMILES string of the molecule is Cc1cc(CN2CCN(C(=O)C3CC3c3ccccc3)CC2)on1. The van der Waals surface area contributed by atoms with Crippen molar-refractivity contribution in [3.8, 4) is 0 Å². The second kappa shape index (κ2) is 6.40. The second-order valence-electron chi connectivity index (χ2n) is 6.90. The fourth-order valence-corrected chi connectivity index (χ4v) is 3.61. The van der Waals surface area contributed by atoms with Gasteiger partial charge in [0.25, 0.3) is 0 Å². The number of carbonyl (C=O) groups excluding carboxylic acids is 1. The Balaban J connectivity index is 1.28. The number of nitrogens with zero attached hydrogens (tertiary/aromatic N) is 3. The van der Waals surface area contributed by atoms with Gasteiger partial charge in [-0.15, -0.1) is 0 Å². The molecular weight excluding hydrogens is 302 g/mol. The van der Waals surface area contributed by atoms with Crippen LogP contribution >= 0.6 is 0 Å². The Kier molecular flexibility index (Phi) is 4.10. The van der Waals surface area contributed by atoms with Crippen molar-refractivity contribution in [2.45, 2.75) is 25.8 Å². The third-order valence-corrected chi connectivity index (χ3v) is 5.08. The van der Waals surface area contributed by atoms with Gasteiger partial charge >= 0.3 is 0 Å². The molecule has 1 saturated heterocycles. The Morgan fingerprint density at radius 2 is 1.96 bits per heavy atom. The number of piperazine rings is 1. The molecule has 0 radical (unpaired) electrons. The van der Waals surface area contributed by atoms with Gasteiger partial charge in [0.1, 0.15) is 0 Å². The maximum Gasteiger partial charge on any atom is 0.226 e. The minimum atomic E-state index is 0.191. The van der Waals surface area contributed by atoms with Crippen LogP contribution in [0.2, 0.25) is 0 Å². The van der Waals surface area contributed by atoms with E-state index in [0.29, 0.717) is 11.8 Å². The molecule has 0 N–H and O–H groups in total. The van der Waals surface area contributed by atoms with E-state index in [2.05, 4.69) is 34.3 Å². The molecule has 2 atom stereocenters. The average molecular weight is 325 g/mol. The van der Waals surface area contributed by atoms with Gasteiger partial charge in [-0.05, 0) is 24.8 Å². The van der Waals surface area contributed by atoms with Crippen molar-refractivity contribution in [1.82, 2.24) is 15.0 Å². The zero-order chi connectivity index (χ0) is 16.5. The molecule has 0 bridgehead atoms. The Hall–Kier alpha value is -2.14. The zero-order valence-corrected chi connectivity index (χ0v) is 14.0. The fourth-order valence-electron chi connectivity index (χ4n) is 3.61. The van der Waals surface area contributed by atoms with Gasteiger partial charge in [-0.2, -0.15) is 0 Å². The van der Waals surface area contributed by atoms with Gasteiger partial charge in [-0.1, -0.05) is 35.5 Å². The van der Waals surface area contributed by atoms with Crippen LogP contribution in [0.1, 0.15) is 29.4 Å². The third kappa shape index (κ3) is 3.22. The second-order valence-corrected chi connectivity index (χ2v) is 6.90. The molecule has 1 aromatic heterocycles. The molecule has 1 saturated carbocycles. The van der Waals surface area contributed by atoms with E-state index < -0.39 is 0 Å². The van der Waals surface area contributed by atoms with Gasteiger partial charge in [0.2, 0.25) is 5.91 Å². The molecule has 0 spiro atoms. The van der Waals surface area contributed by atoms with Gasteiger partial charge in [-0.3, -0.25) is 9.69 Å². The molecule has 1 aliphatic carbocycles. The van der Waals surface area contributed by atoms with E-state index in [9.17, 15) is 4.79 Å². The molecule has 2 aromatic rings. The summed E-state index contributed by atoms with van der Waals surface area (Å²) in [5, 5.41) is 3.93. The van der Waals surface area contributed by atoms with Gasteiger partial charge in [0.05, 0.1) is 12.2 Å². The smallest absolute Gasteiger partial charge is 0.226 e. The Morgan fingerprint density at radius 1 is 1.21 bits per heavy atom. The summed E-state index contributed by atoms with van der Waals surface area (Å²) in [7, 11) is 0. The Labute approximate surface area is 142 Å². The van der Waals surface area contributed by atoms with E-state index in [0.717, 1.165) is 50.6 Å². The highest BCUT2D eigenvalue weighted by molar-refractivity contribution is 5.83. The monoisotopic (exact) mass is 325 g/mol. The van der Waals surface area contributed by atoms with Crippen LogP contribution in [0.25, 0.3) is 0 Å². The predicted octanol–water partition coefficient (Wildman–Crippen LogP) is 2.43. The molecule has 5 nitrogen and oxygen atoms in total. The Bertz CT molecular complexity index is 704. The summed E-state index contributed by atoms with van der Waals surface area (Å²) in [4.78, 5) is 17.1. The zero-order valence-electron chi connectivity index (χ0n) is 14.0. The van der Waals surface area contributed by atoms with Crippen molar-refractivity contribution in [3.63, 3.8) is 0 Å². The highest BCUT2D eigenvalue weighted by atomic mass is 16.5. The topological polar surface area (TPSA) is 49.6 Å². The first-order valence-corrected chi connectivity index (χ1v) is 8.69. The molecule has 1 aromatic carbocycles. The van der Waals surface area contributed by atoms with Crippen LogP contribution in [-0.4, -0.2) is 47.0 Å². The van der Waals surface area contributed by atoms with E-state index in [1.807, 2.05) is 24.0 Å². The Morgan fingerprint density at radius 3 is 2.62 bits per heavy atom. The number of aryl methyl sites for hydroxylation is 1. The van der Waals surface area contributed by atoms with Crippen LogP contribution in [0.4, 0.5) is 0 Å². The summed E-state index contributed by atoms with van der Waals surface area (Å²) in [6.45, 7) is 6.12. The standard InChI is InChI=1S/C19H23N3O2/c1-14-11-16(24-20-14)13-21-7-9-22(10-8-21)19(23)18-12-17(18)15-5-3-2-4-6-15/h2-6,11,17-18H,7-10,12-13H2,1H3. The minimum Gasteiger partial charge on any atom is -0.360 e. The van der Waals surface area contributed by atoms with Crippen molar-refractivity contribution in [1.29, 1.82) is 0 Å². The number of hydrogen-bond donors (Lipinski definition) is 0. The van der Waals surface area contributed by atoms with Crippen LogP contribution in [0.5, 0.6) is 0 Å². The average Bonchev–Trinajstić information content (AvgIpc) is 3.32. The van der Waals surface area contributed by atoms with Crippen molar-refractivity contribution in [2.75, 3.05) is 26.2 Å². The van der Waals surface area contributed by atoms with E-state index in [4.69, 9.17) is 4.52 Å². The van der Waals surface area contributed by atoms with Crippen LogP contribution in [0.3, 0.4) is 0 Å². The summed E-state index contributed by atoms with van der Waals surface area (Å²) in [5.74, 6) is 1.85. The number of amides is 1. The summed E-state index contributed by atoms with van der Waals surface area (Å²) >= 11 is 0. The van der Waals surface area contributed by atoms with Crippen LogP contribution in [0, 0.1) is 12.8 Å². The molecule has 2 fully saturated rings. The van der Waals surface area contributed by atoms with Gasteiger partial charge < -0.3 is 9.42 Å². The molecule has 126 valence electrons. The lowest BCUT2D eigenvalue weighted by Crippen LogP contribution is -2.48. The van der Waals surface area contributed by atoms with Crippen LogP contribution in [0.15, 0.2) is 40.9 Å². The molecule has 2 unspecified atom stereocenters. The van der Waals surface area contributed by atoms with Crippen molar-refractivity contribution in [2.24, 2.45) is 5.92 Å². The quantitative estimate of drug-likeness (QED) is 0.866. The highest BCUT2D eigenvalue weighted by Crippen LogP contribution is 2.48. The first-order chi connectivity index (χ1) is 11.7. The molecule has 24 heavy (non-hydrogen) atoms. The molecule has 4 rings (SSSR count). The molecule has 5 heteroatoms. The lowest BCUT2D eigenvalue weighted by atomic mass is 10.1. The summed E-state index contributed by atoms with van der Waals surface area (Å²) in [5.41, 5.74) is 2.22. The molecular formula is C19H23N3O2. The third-order valence-electron chi connectivity index (χ3n) is 5.08. The van der Waals surface area contributed by atoms with Gasteiger partial charge in [0, 0.05) is 38.2 Å². The number of benzene rings is 1. The van der Waals surface area contributed by atoms with E-state index in [1.54, 1.807) is 0 Å². The summed E-state index contributed by atoms with van der Waals surface area (Å²) in [6.07, 6.45) is 1.00. The highest BCUT2D eigenvalue weighted by Gasteiger charge is 2.45. The van der Waals surface area contributed by atoms with Crippen molar-refractivity contribution in [3.05, 3.63) is 53.4 Å². The minimum absolute atomic E-state index is 0.191. The summed E-state index contributed by atoms with van der Waals surface area (Å²) < 4.78 is 5.28. The van der Waals surface area contributed by atoms with Gasteiger partial charge in [0.15, 0.2) is 5.76 Å². The van der Waals surface area contributed by atoms with E-state index in [1.165, 1.54) is 5.56 Å². The number of aromatic nitrogens is 1. The molecule has 1 amide bonds. The van der Waals surface area contributed by atoms with Crippen molar-refractivity contribution < 1.29 is 9.32 Å². The lowest BCUT2D eigenvalue weighted by molar-refractivity contribution is -0.134. The normalized spacial score (nSPS) is 24.1. The molecule has 2 heterocycles. The molecule has 1 aliphatic heterocycles. The van der Waals surface area contributed by atoms with E-state index in [-0.39, 0.29) is 5.92 Å². The first-order valence-electron chi connectivity index (χ1n) is 8.69. The van der Waals surface area contributed by atoms with Crippen molar-refractivity contribution >= 4 is 5.91 Å². The number of rotatable bonds is 4. The summed E-state index contributed by atoms with van der Waals surface area (Å²) in [6, 6.07) is 12.4. The largest absolute Gasteiger partial charge is 0.360 e. The lowest BCUT2D eigenvalue weighted by Gasteiger charge is -2.34. The number of hydrogen-bond acceptors (Lipinski definition) is 4. The maximum atomic E-state index is 12.7. The first kappa shape index (κ1) is 15.4. The van der Waals surface area contributed by atoms with Gasteiger partial charge in [-0.25, -0.2) is 0 Å². The van der Waals surface area contributed by atoms with E-state index >= 15 is 0 Å². The maximum absolute atomic E-state index is 12.7. The number of carbonyl (C=O) groups is 1. The van der Waals surface area contributed by atoms with Crippen LogP contribution < -0.4 is 0 Å². The molecule has 2 aliphatic rings. The van der Waals surface area contributed by atoms with Crippen LogP contribution in [-0.2, 0) is 11.3 Å².